The van der Waals surface area contributed by atoms with Gasteiger partial charge in [0.25, 0.3) is 5.91 Å². The molecule has 8 heteroatoms. The van der Waals surface area contributed by atoms with Crippen LogP contribution in [0.5, 0.6) is 5.75 Å². The quantitative estimate of drug-likeness (QED) is 0.570. The van der Waals surface area contributed by atoms with Crippen LogP contribution in [0.4, 0.5) is 5.69 Å². The molecule has 1 aliphatic rings. The van der Waals surface area contributed by atoms with Gasteiger partial charge in [0.15, 0.2) is 0 Å². The minimum atomic E-state index is -3.64. The molecule has 1 saturated heterocycles. The van der Waals surface area contributed by atoms with Gasteiger partial charge < -0.3 is 15.4 Å². The van der Waals surface area contributed by atoms with Crippen molar-refractivity contribution in [1.82, 2.24) is 9.29 Å². The highest BCUT2D eigenvalue weighted by molar-refractivity contribution is 7.89. The van der Waals surface area contributed by atoms with Crippen LogP contribution in [-0.2, 0) is 10.0 Å². The molecular formula is C21H23N3O4S. The Morgan fingerprint density at radius 2 is 1.83 bits per heavy atom. The molecule has 0 aliphatic carbocycles. The standard InChI is InChI=1S/C21H23N3O4S/c1-13-14(2)22-18-7-5-15(11-17(13)18)21(26)23-19-12-16(6-8-20(19)25)29(27,28)24-9-3-4-10-24/h5-8,11-12,22,25H,3-4,9-10H2,1-2H3,(H,23,26). The highest BCUT2D eigenvalue weighted by Crippen LogP contribution is 2.30. The van der Waals surface area contributed by atoms with Gasteiger partial charge in [0.1, 0.15) is 5.75 Å². The van der Waals surface area contributed by atoms with Crippen molar-refractivity contribution in [3.63, 3.8) is 0 Å². The van der Waals surface area contributed by atoms with Gasteiger partial charge in [-0.25, -0.2) is 8.42 Å². The van der Waals surface area contributed by atoms with Crippen LogP contribution >= 0.6 is 0 Å². The smallest absolute Gasteiger partial charge is 0.255 e. The Morgan fingerprint density at radius 1 is 1.10 bits per heavy atom. The summed E-state index contributed by atoms with van der Waals surface area (Å²) in [4.78, 5) is 16.1. The number of H-pyrrole nitrogens is 1. The molecule has 152 valence electrons. The zero-order chi connectivity index (χ0) is 20.8. The third-order valence-electron chi connectivity index (χ3n) is 5.49. The number of sulfonamides is 1. The van der Waals surface area contributed by atoms with Crippen molar-refractivity contribution in [1.29, 1.82) is 0 Å². The number of rotatable bonds is 4. The lowest BCUT2D eigenvalue weighted by Crippen LogP contribution is -2.28. The molecule has 0 radical (unpaired) electrons. The van der Waals surface area contributed by atoms with Crippen LogP contribution < -0.4 is 5.32 Å². The number of aryl methyl sites for hydroxylation is 2. The Balaban J connectivity index is 1.64. The number of anilines is 1. The maximum Gasteiger partial charge on any atom is 0.255 e. The van der Waals surface area contributed by atoms with Crippen LogP contribution in [0.25, 0.3) is 10.9 Å². The first-order valence-corrected chi connectivity index (χ1v) is 10.9. The maximum absolute atomic E-state index is 12.8. The number of hydrogen-bond donors (Lipinski definition) is 3. The van der Waals surface area contributed by atoms with E-state index in [0.29, 0.717) is 18.7 Å². The molecular weight excluding hydrogens is 390 g/mol. The van der Waals surface area contributed by atoms with E-state index >= 15 is 0 Å². The van der Waals surface area contributed by atoms with Crippen LogP contribution in [-0.4, -0.2) is 41.8 Å². The molecule has 2 heterocycles. The summed E-state index contributed by atoms with van der Waals surface area (Å²) in [5.74, 6) is -0.607. The number of aromatic nitrogens is 1. The van der Waals surface area contributed by atoms with E-state index < -0.39 is 15.9 Å². The first-order chi connectivity index (χ1) is 13.8. The van der Waals surface area contributed by atoms with Crippen molar-refractivity contribution in [3.8, 4) is 5.75 Å². The van der Waals surface area contributed by atoms with Crippen molar-refractivity contribution < 1.29 is 18.3 Å². The van der Waals surface area contributed by atoms with E-state index in [1.807, 2.05) is 19.9 Å². The minimum Gasteiger partial charge on any atom is -0.506 e. The average molecular weight is 413 g/mol. The van der Waals surface area contributed by atoms with E-state index in [9.17, 15) is 18.3 Å². The molecule has 0 spiro atoms. The Labute approximate surface area is 169 Å². The average Bonchev–Trinajstić information content (AvgIpc) is 3.33. The Kier molecular flexibility index (Phi) is 4.84. The summed E-state index contributed by atoms with van der Waals surface area (Å²) in [5.41, 5.74) is 3.54. The lowest BCUT2D eigenvalue weighted by molar-refractivity contribution is 0.102. The van der Waals surface area contributed by atoms with Crippen LogP contribution in [0.2, 0.25) is 0 Å². The molecule has 29 heavy (non-hydrogen) atoms. The van der Waals surface area contributed by atoms with Gasteiger partial charge in [0.2, 0.25) is 10.0 Å². The highest BCUT2D eigenvalue weighted by atomic mass is 32.2. The molecule has 7 nitrogen and oxygen atoms in total. The van der Waals surface area contributed by atoms with Gasteiger partial charge in [-0.1, -0.05) is 0 Å². The van der Waals surface area contributed by atoms with Gasteiger partial charge >= 0.3 is 0 Å². The second-order valence-corrected chi connectivity index (χ2v) is 9.32. The number of phenolic OH excluding ortho intramolecular Hbond substituents is 1. The monoisotopic (exact) mass is 413 g/mol. The van der Waals surface area contributed by atoms with Gasteiger partial charge in [0.05, 0.1) is 10.6 Å². The second-order valence-electron chi connectivity index (χ2n) is 7.38. The minimum absolute atomic E-state index is 0.0556. The van der Waals surface area contributed by atoms with Crippen molar-refractivity contribution in [2.45, 2.75) is 31.6 Å². The molecule has 1 fully saturated rings. The molecule has 4 rings (SSSR count). The number of nitrogens with zero attached hydrogens (tertiary/aromatic N) is 1. The fourth-order valence-corrected chi connectivity index (χ4v) is 5.19. The van der Waals surface area contributed by atoms with Crippen LogP contribution in [0.1, 0.15) is 34.5 Å². The molecule has 0 bridgehead atoms. The topological polar surface area (TPSA) is 102 Å². The van der Waals surface area contributed by atoms with E-state index in [4.69, 9.17) is 0 Å². The molecule has 0 atom stereocenters. The summed E-state index contributed by atoms with van der Waals surface area (Å²) in [6.45, 7) is 4.93. The third kappa shape index (κ3) is 3.49. The third-order valence-corrected chi connectivity index (χ3v) is 7.38. The predicted molar refractivity (Wildman–Crippen MR) is 112 cm³/mol. The largest absolute Gasteiger partial charge is 0.506 e. The summed E-state index contributed by atoms with van der Waals surface area (Å²) >= 11 is 0. The normalized spacial score (nSPS) is 15.1. The number of carbonyl (C=O) groups is 1. The Bertz CT molecular complexity index is 1210. The fraction of sp³-hybridized carbons (Fsp3) is 0.286. The zero-order valence-corrected chi connectivity index (χ0v) is 17.1. The van der Waals surface area contributed by atoms with Crippen molar-refractivity contribution in [2.24, 2.45) is 0 Å². The fourth-order valence-electron chi connectivity index (χ4n) is 3.65. The van der Waals surface area contributed by atoms with Gasteiger partial charge in [-0.05, 0) is 68.7 Å². The van der Waals surface area contributed by atoms with Gasteiger partial charge in [-0.2, -0.15) is 4.31 Å². The molecule has 3 aromatic rings. The second kappa shape index (κ2) is 7.20. The summed E-state index contributed by atoms with van der Waals surface area (Å²) < 4.78 is 27.0. The zero-order valence-electron chi connectivity index (χ0n) is 16.3. The van der Waals surface area contributed by atoms with E-state index in [2.05, 4.69) is 10.3 Å². The van der Waals surface area contributed by atoms with Crippen molar-refractivity contribution in [3.05, 3.63) is 53.2 Å². The summed E-state index contributed by atoms with van der Waals surface area (Å²) in [7, 11) is -3.64. The van der Waals surface area contributed by atoms with Gasteiger partial charge in [0, 0.05) is 35.2 Å². The molecule has 1 aromatic heterocycles. The summed E-state index contributed by atoms with van der Waals surface area (Å²) in [5, 5.41) is 13.7. The summed E-state index contributed by atoms with van der Waals surface area (Å²) in [6.07, 6.45) is 1.67. The first kappa shape index (κ1) is 19.5. The van der Waals surface area contributed by atoms with Gasteiger partial charge in [-0.3, -0.25) is 4.79 Å². The number of aromatic amines is 1. The lowest BCUT2D eigenvalue weighted by atomic mass is 10.1. The summed E-state index contributed by atoms with van der Waals surface area (Å²) in [6, 6.07) is 9.27. The number of aromatic hydroxyl groups is 1. The van der Waals surface area contributed by atoms with Crippen LogP contribution in [0.15, 0.2) is 41.3 Å². The van der Waals surface area contributed by atoms with E-state index in [0.717, 1.165) is 35.0 Å². The maximum atomic E-state index is 12.8. The predicted octanol–water partition coefficient (Wildman–Crippen LogP) is 3.53. The van der Waals surface area contributed by atoms with Crippen LogP contribution in [0.3, 0.4) is 0 Å². The number of hydrogen-bond acceptors (Lipinski definition) is 4. The van der Waals surface area contributed by atoms with Crippen molar-refractivity contribution in [2.75, 3.05) is 18.4 Å². The number of phenols is 1. The molecule has 3 N–H and O–H groups in total. The van der Waals surface area contributed by atoms with Crippen molar-refractivity contribution >= 4 is 32.5 Å². The number of fused-ring (bicyclic) bond motifs is 1. The van der Waals surface area contributed by atoms with Gasteiger partial charge in [-0.15, -0.1) is 0 Å². The molecule has 0 saturated carbocycles. The molecule has 0 unspecified atom stereocenters. The molecule has 1 amide bonds. The van der Waals surface area contributed by atoms with E-state index in [1.54, 1.807) is 12.1 Å². The van der Waals surface area contributed by atoms with E-state index in [-0.39, 0.29) is 16.3 Å². The lowest BCUT2D eigenvalue weighted by Gasteiger charge is -2.16. The molecule has 2 aromatic carbocycles. The number of nitrogens with one attached hydrogen (secondary N) is 2. The SMILES string of the molecule is Cc1[nH]c2ccc(C(=O)Nc3cc(S(=O)(=O)N4CCCC4)ccc3O)cc2c1C. The highest BCUT2D eigenvalue weighted by Gasteiger charge is 2.28. The van der Waals surface area contributed by atoms with Crippen LogP contribution in [0, 0.1) is 13.8 Å². The molecule has 1 aliphatic heterocycles. The Morgan fingerprint density at radius 3 is 2.55 bits per heavy atom. The van der Waals surface area contributed by atoms with E-state index in [1.165, 1.54) is 22.5 Å². The first-order valence-electron chi connectivity index (χ1n) is 9.51. The number of benzene rings is 2. The number of carbonyl (C=O) groups excluding carboxylic acids is 1. The number of amides is 1. The Hall–Kier alpha value is -2.84.